The summed E-state index contributed by atoms with van der Waals surface area (Å²) in [7, 11) is 0. The average molecular weight is 281 g/mol. The fraction of sp³-hybridized carbons (Fsp3) is 0.188. The van der Waals surface area contributed by atoms with Gasteiger partial charge >= 0.3 is 5.97 Å². The Morgan fingerprint density at radius 2 is 2.05 bits per heavy atom. The van der Waals surface area contributed by atoms with Gasteiger partial charge in [0.05, 0.1) is 5.52 Å². The van der Waals surface area contributed by atoms with Gasteiger partial charge in [-0.2, -0.15) is 0 Å². The van der Waals surface area contributed by atoms with Crippen molar-refractivity contribution >= 4 is 17.0 Å². The molecule has 0 bridgehead atoms. The molecule has 106 valence electrons. The molecule has 2 aromatic carbocycles. The minimum absolute atomic E-state index is 0.0618. The van der Waals surface area contributed by atoms with Crippen LogP contribution in [0.25, 0.3) is 11.0 Å². The maximum atomic E-state index is 11.9. The molecule has 0 aliphatic rings. The Morgan fingerprint density at radius 3 is 2.90 bits per heavy atom. The molecule has 1 heterocycles. The Hall–Kier alpha value is -2.69. The number of hydrogen-bond donors (Lipinski definition) is 0. The Bertz CT molecular complexity index is 780. The normalized spacial score (nSPS) is 10.7. The standard InChI is InChI=1S/C16H15N3O2/c1-12-5-4-6-13(9-12)11-21-16(20)10-19-15-8-3-2-7-14(15)17-18-19/h2-9H,10-11H2,1H3. The molecule has 0 radical (unpaired) electrons. The molecular weight excluding hydrogens is 266 g/mol. The Labute approximate surface area is 122 Å². The predicted molar refractivity (Wildman–Crippen MR) is 78.5 cm³/mol. The van der Waals surface area contributed by atoms with E-state index in [0.29, 0.717) is 0 Å². The molecule has 0 aliphatic carbocycles. The summed E-state index contributed by atoms with van der Waals surface area (Å²) in [6, 6.07) is 15.4. The average Bonchev–Trinajstić information content (AvgIpc) is 2.89. The number of fused-ring (bicyclic) bond motifs is 1. The van der Waals surface area contributed by atoms with E-state index in [1.807, 2.05) is 55.5 Å². The van der Waals surface area contributed by atoms with Crippen LogP contribution in [0, 0.1) is 6.92 Å². The lowest BCUT2D eigenvalue weighted by molar-refractivity contribution is -0.145. The molecule has 1 aromatic heterocycles. The van der Waals surface area contributed by atoms with Crippen LogP contribution in [0.1, 0.15) is 11.1 Å². The fourth-order valence-corrected chi connectivity index (χ4v) is 2.17. The molecule has 3 rings (SSSR count). The Balaban J connectivity index is 1.64. The van der Waals surface area contributed by atoms with Gasteiger partial charge in [-0.15, -0.1) is 5.10 Å². The third-order valence-corrected chi connectivity index (χ3v) is 3.18. The molecular formula is C16H15N3O2. The lowest BCUT2D eigenvalue weighted by Gasteiger charge is -2.06. The van der Waals surface area contributed by atoms with Crippen LogP contribution in [0.3, 0.4) is 0 Å². The number of carbonyl (C=O) groups is 1. The first kappa shape index (κ1) is 13.3. The van der Waals surface area contributed by atoms with Crippen molar-refractivity contribution in [3.8, 4) is 0 Å². The number of aromatic nitrogens is 3. The van der Waals surface area contributed by atoms with Gasteiger partial charge in [-0.25, -0.2) is 4.68 Å². The SMILES string of the molecule is Cc1cccc(COC(=O)Cn2nnc3ccccc32)c1. The number of esters is 1. The van der Waals surface area contributed by atoms with Crippen LogP contribution in [-0.2, 0) is 22.7 Å². The monoisotopic (exact) mass is 281 g/mol. The molecule has 0 amide bonds. The van der Waals surface area contributed by atoms with E-state index in [1.165, 1.54) is 0 Å². The first-order valence-corrected chi connectivity index (χ1v) is 6.72. The highest BCUT2D eigenvalue weighted by atomic mass is 16.5. The summed E-state index contributed by atoms with van der Waals surface area (Å²) in [6.45, 7) is 2.34. The van der Waals surface area contributed by atoms with E-state index < -0.39 is 0 Å². The topological polar surface area (TPSA) is 57.0 Å². The molecule has 3 aromatic rings. The zero-order chi connectivity index (χ0) is 14.7. The lowest BCUT2D eigenvalue weighted by Crippen LogP contribution is -2.14. The van der Waals surface area contributed by atoms with Crippen LogP contribution in [0.5, 0.6) is 0 Å². The summed E-state index contributed by atoms with van der Waals surface area (Å²) < 4.78 is 6.83. The van der Waals surface area contributed by atoms with E-state index >= 15 is 0 Å². The molecule has 0 fully saturated rings. The van der Waals surface area contributed by atoms with Gasteiger partial charge in [0.25, 0.3) is 0 Å². The summed E-state index contributed by atoms with van der Waals surface area (Å²) >= 11 is 0. The molecule has 5 heteroatoms. The van der Waals surface area contributed by atoms with Crippen molar-refractivity contribution < 1.29 is 9.53 Å². The van der Waals surface area contributed by atoms with E-state index in [0.717, 1.165) is 22.2 Å². The summed E-state index contributed by atoms with van der Waals surface area (Å²) in [4.78, 5) is 11.9. The summed E-state index contributed by atoms with van der Waals surface area (Å²) in [5.41, 5.74) is 3.71. The van der Waals surface area contributed by atoms with E-state index in [4.69, 9.17) is 4.74 Å². The Kier molecular flexibility index (Phi) is 3.64. The van der Waals surface area contributed by atoms with Crippen molar-refractivity contribution in [2.45, 2.75) is 20.1 Å². The van der Waals surface area contributed by atoms with Gasteiger partial charge in [-0.05, 0) is 24.6 Å². The van der Waals surface area contributed by atoms with Gasteiger partial charge in [0.15, 0.2) is 0 Å². The smallest absolute Gasteiger partial charge is 0.328 e. The predicted octanol–water partition coefficient (Wildman–Crippen LogP) is 2.48. The van der Waals surface area contributed by atoms with Crippen LogP contribution in [0.15, 0.2) is 48.5 Å². The first-order chi connectivity index (χ1) is 10.2. The molecule has 0 saturated heterocycles. The van der Waals surface area contributed by atoms with Gasteiger partial charge in [0.2, 0.25) is 0 Å². The largest absolute Gasteiger partial charge is 0.459 e. The zero-order valence-corrected chi connectivity index (χ0v) is 11.7. The quantitative estimate of drug-likeness (QED) is 0.689. The number of aryl methyl sites for hydroxylation is 1. The molecule has 0 spiro atoms. The third-order valence-electron chi connectivity index (χ3n) is 3.18. The highest BCUT2D eigenvalue weighted by Crippen LogP contribution is 2.10. The van der Waals surface area contributed by atoms with Crippen LogP contribution in [-0.4, -0.2) is 21.0 Å². The molecule has 0 unspecified atom stereocenters. The van der Waals surface area contributed by atoms with E-state index in [-0.39, 0.29) is 19.1 Å². The van der Waals surface area contributed by atoms with Gasteiger partial charge in [0.1, 0.15) is 18.7 Å². The zero-order valence-electron chi connectivity index (χ0n) is 11.7. The highest BCUT2D eigenvalue weighted by Gasteiger charge is 2.09. The summed E-state index contributed by atoms with van der Waals surface area (Å²) in [5, 5.41) is 7.98. The second-order valence-corrected chi connectivity index (χ2v) is 4.89. The van der Waals surface area contributed by atoms with Gasteiger partial charge in [-0.3, -0.25) is 4.79 Å². The number of rotatable bonds is 4. The number of carbonyl (C=O) groups excluding carboxylic acids is 1. The minimum Gasteiger partial charge on any atom is -0.459 e. The van der Waals surface area contributed by atoms with Gasteiger partial charge in [0, 0.05) is 0 Å². The number of ether oxygens (including phenoxy) is 1. The van der Waals surface area contributed by atoms with Crippen LogP contribution >= 0.6 is 0 Å². The summed E-state index contributed by atoms with van der Waals surface area (Å²) in [5.74, 6) is -0.327. The first-order valence-electron chi connectivity index (χ1n) is 6.72. The van der Waals surface area contributed by atoms with Crippen molar-refractivity contribution in [3.05, 3.63) is 59.7 Å². The minimum atomic E-state index is -0.327. The molecule has 0 aliphatic heterocycles. The van der Waals surface area contributed by atoms with E-state index in [2.05, 4.69) is 10.3 Å². The van der Waals surface area contributed by atoms with Crippen molar-refractivity contribution in [3.63, 3.8) is 0 Å². The molecule has 21 heavy (non-hydrogen) atoms. The molecule has 0 N–H and O–H groups in total. The Morgan fingerprint density at radius 1 is 1.19 bits per heavy atom. The summed E-state index contributed by atoms with van der Waals surface area (Å²) in [6.07, 6.45) is 0. The number of benzene rings is 2. The second-order valence-electron chi connectivity index (χ2n) is 4.89. The lowest BCUT2D eigenvalue weighted by atomic mass is 10.1. The number of para-hydroxylation sites is 1. The maximum absolute atomic E-state index is 11.9. The maximum Gasteiger partial charge on any atom is 0.328 e. The molecule has 0 atom stereocenters. The van der Waals surface area contributed by atoms with E-state index in [1.54, 1.807) is 4.68 Å². The van der Waals surface area contributed by atoms with Crippen molar-refractivity contribution in [1.29, 1.82) is 0 Å². The third kappa shape index (κ3) is 3.08. The fourth-order valence-electron chi connectivity index (χ4n) is 2.17. The van der Waals surface area contributed by atoms with Crippen molar-refractivity contribution in [1.82, 2.24) is 15.0 Å². The van der Waals surface area contributed by atoms with Crippen molar-refractivity contribution in [2.24, 2.45) is 0 Å². The van der Waals surface area contributed by atoms with Crippen LogP contribution < -0.4 is 0 Å². The van der Waals surface area contributed by atoms with E-state index in [9.17, 15) is 4.79 Å². The number of nitrogens with zero attached hydrogens (tertiary/aromatic N) is 3. The van der Waals surface area contributed by atoms with Crippen LogP contribution in [0.2, 0.25) is 0 Å². The van der Waals surface area contributed by atoms with Crippen LogP contribution in [0.4, 0.5) is 0 Å². The van der Waals surface area contributed by atoms with Gasteiger partial charge < -0.3 is 4.74 Å². The number of hydrogen-bond acceptors (Lipinski definition) is 4. The second kappa shape index (κ2) is 5.75. The molecule has 0 saturated carbocycles. The van der Waals surface area contributed by atoms with Gasteiger partial charge in [-0.1, -0.05) is 47.2 Å². The molecule has 5 nitrogen and oxygen atoms in total. The highest BCUT2D eigenvalue weighted by molar-refractivity contribution is 5.76. The van der Waals surface area contributed by atoms with Crippen molar-refractivity contribution in [2.75, 3.05) is 0 Å².